The first-order valence-electron chi connectivity index (χ1n) is 10.3. The van der Waals surface area contributed by atoms with Crippen LogP contribution < -0.4 is 5.32 Å². The molecule has 1 fully saturated rings. The normalized spacial score (nSPS) is 16.6. The molecule has 0 unspecified atom stereocenters. The predicted molar refractivity (Wildman–Crippen MR) is 123 cm³/mol. The number of anilines is 1. The Labute approximate surface area is 189 Å². The summed E-state index contributed by atoms with van der Waals surface area (Å²) in [5, 5.41) is 4.80. The molecular formula is C21H22N4O3S3. The minimum Gasteiger partial charge on any atom is -0.325 e. The van der Waals surface area contributed by atoms with Crippen molar-refractivity contribution in [1.82, 2.24) is 14.3 Å². The topological polar surface area (TPSA) is 92.3 Å². The molecule has 3 heterocycles. The lowest BCUT2D eigenvalue weighted by atomic mass is 10.2. The molecule has 1 aliphatic heterocycles. The van der Waals surface area contributed by atoms with Crippen molar-refractivity contribution in [3.05, 3.63) is 41.0 Å². The van der Waals surface area contributed by atoms with Crippen molar-refractivity contribution in [3.8, 4) is 0 Å². The molecule has 2 aliphatic rings. The molecule has 0 spiro atoms. The molecule has 0 radical (unpaired) electrons. The number of nitrogens with zero attached hydrogens (tertiary/aromatic N) is 3. The second kappa shape index (κ2) is 8.50. The van der Waals surface area contributed by atoms with Crippen molar-refractivity contribution in [1.29, 1.82) is 0 Å². The standard InChI is InChI=1S/C21H22N4O3S3/c26-18(12-29-20-19-16-4-3-5-17(16)30-21(19)23-13-22-20)24-14-6-8-15(9-7-14)31(27,28)25-10-1-2-11-25/h6-9,13H,1-5,10-12H2,(H,24,26). The number of thiophene rings is 1. The molecule has 1 amide bonds. The fraction of sp³-hybridized carbons (Fsp3) is 0.381. The van der Waals surface area contributed by atoms with Crippen LogP contribution in [0.2, 0.25) is 0 Å². The molecule has 162 valence electrons. The summed E-state index contributed by atoms with van der Waals surface area (Å²) in [6.07, 6.45) is 6.68. The maximum atomic E-state index is 12.6. The number of rotatable bonds is 6. The van der Waals surface area contributed by atoms with E-state index in [0.717, 1.165) is 40.9 Å². The maximum absolute atomic E-state index is 12.6. The van der Waals surface area contributed by atoms with E-state index in [1.165, 1.54) is 32.9 Å². The van der Waals surface area contributed by atoms with Gasteiger partial charge in [-0.15, -0.1) is 11.3 Å². The number of carbonyl (C=O) groups excluding carboxylic acids is 1. The lowest BCUT2D eigenvalue weighted by Gasteiger charge is -2.15. The number of aromatic nitrogens is 2. The summed E-state index contributed by atoms with van der Waals surface area (Å²) in [6.45, 7) is 1.14. The van der Waals surface area contributed by atoms with Crippen LogP contribution in [0.1, 0.15) is 29.7 Å². The van der Waals surface area contributed by atoms with Crippen LogP contribution in [-0.4, -0.2) is 47.4 Å². The summed E-state index contributed by atoms with van der Waals surface area (Å²) in [6, 6.07) is 6.39. The van der Waals surface area contributed by atoms with Crippen LogP contribution in [0.5, 0.6) is 0 Å². The highest BCUT2D eigenvalue weighted by Gasteiger charge is 2.27. The van der Waals surface area contributed by atoms with E-state index in [1.54, 1.807) is 41.9 Å². The van der Waals surface area contributed by atoms with Gasteiger partial charge in [0.05, 0.1) is 10.6 Å². The molecular weight excluding hydrogens is 452 g/mol. The van der Waals surface area contributed by atoms with Crippen molar-refractivity contribution in [2.24, 2.45) is 0 Å². The van der Waals surface area contributed by atoms with Crippen molar-refractivity contribution in [3.63, 3.8) is 0 Å². The SMILES string of the molecule is O=C(CSc1ncnc2sc3c(c12)CCC3)Nc1ccc(S(=O)(=O)N2CCCC2)cc1. The van der Waals surface area contributed by atoms with Gasteiger partial charge in [0.15, 0.2) is 0 Å². The summed E-state index contributed by atoms with van der Waals surface area (Å²) in [7, 11) is -3.45. The third kappa shape index (κ3) is 4.09. The van der Waals surface area contributed by atoms with Gasteiger partial charge in [-0.3, -0.25) is 4.79 Å². The van der Waals surface area contributed by atoms with E-state index in [2.05, 4.69) is 15.3 Å². The third-order valence-corrected chi connectivity index (χ3v) is 9.75. The molecule has 5 rings (SSSR count). The zero-order valence-corrected chi connectivity index (χ0v) is 19.3. The van der Waals surface area contributed by atoms with Crippen molar-refractivity contribution < 1.29 is 13.2 Å². The Kier molecular flexibility index (Phi) is 5.72. The van der Waals surface area contributed by atoms with Gasteiger partial charge in [0.1, 0.15) is 16.2 Å². The molecule has 1 N–H and O–H groups in total. The van der Waals surface area contributed by atoms with Gasteiger partial charge in [0, 0.05) is 29.0 Å². The first-order valence-corrected chi connectivity index (χ1v) is 13.5. The van der Waals surface area contributed by atoms with Crippen LogP contribution in [0.15, 0.2) is 40.5 Å². The second-order valence-electron chi connectivity index (χ2n) is 7.69. The number of fused-ring (bicyclic) bond motifs is 3. The van der Waals surface area contributed by atoms with Crippen molar-refractivity contribution in [2.75, 3.05) is 24.2 Å². The second-order valence-corrected chi connectivity index (χ2v) is 11.7. The van der Waals surface area contributed by atoms with Crippen LogP contribution >= 0.6 is 23.1 Å². The molecule has 7 nitrogen and oxygen atoms in total. The zero-order chi connectivity index (χ0) is 21.4. The summed E-state index contributed by atoms with van der Waals surface area (Å²) >= 11 is 3.15. The summed E-state index contributed by atoms with van der Waals surface area (Å²) < 4.78 is 26.7. The first-order chi connectivity index (χ1) is 15.0. The highest BCUT2D eigenvalue weighted by atomic mass is 32.2. The van der Waals surface area contributed by atoms with Crippen LogP contribution in [0, 0.1) is 0 Å². The van der Waals surface area contributed by atoms with Gasteiger partial charge in [-0.1, -0.05) is 11.8 Å². The van der Waals surface area contributed by atoms with Gasteiger partial charge >= 0.3 is 0 Å². The number of thioether (sulfide) groups is 1. The number of aryl methyl sites for hydroxylation is 2. The molecule has 0 saturated carbocycles. The van der Waals surface area contributed by atoms with E-state index in [4.69, 9.17) is 0 Å². The molecule has 2 aromatic heterocycles. The Morgan fingerprint density at radius 2 is 1.87 bits per heavy atom. The lowest BCUT2D eigenvalue weighted by molar-refractivity contribution is -0.113. The Bertz CT molecular complexity index is 1230. The molecule has 1 aromatic carbocycles. The van der Waals surface area contributed by atoms with Crippen molar-refractivity contribution >= 4 is 54.9 Å². The minimum absolute atomic E-state index is 0.154. The lowest BCUT2D eigenvalue weighted by Crippen LogP contribution is -2.27. The molecule has 0 atom stereocenters. The quantitative estimate of drug-likeness (QED) is 0.433. The monoisotopic (exact) mass is 474 g/mol. The fourth-order valence-corrected chi connectivity index (χ4v) is 7.76. The number of amides is 1. The van der Waals surface area contributed by atoms with Gasteiger partial charge < -0.3 is 5.32 Å². The average Bonchev–Trinajstić information content (AvgIpc) is 3.50. The van der Waals surface area contributed by atoms with E-state index < -0.39 is 10.0 Å². The largest absolute Gasteiger partial charge is 0.325 e. The Morgan fingerprint density at radius 3 is 2.65 bits per heavy atom. The third-order valence-electron chi connectivity index (χ3n) is 5.65. The molecule has 10 heteroatoms. The maximum Gasteiger partial charge on any atom is 0.243 e. The zero-order valence-electron chi connectivity index (χ0n) is 16.8. The minimum atomic E-state index is -3.45. The van der Waals surface area contributed by atoms with E-state index in [-0.39, 0.29) is 16.6 Å². The molecule has 3 aromatic rings. The van der Waals surface area contributed by atoms with E-state index in [0.29, 0.717) is 18.8 Å². The average molecular weight is 475 g/mol. The molecule has 31 heavy (non-hydrogen) atoms. The van der Waals surface area contributed by atoms with Crippen LogP contribution in [0.4, 0.5) is 5.69 Å². The van der Waals surface area contributed by atoms with Gasteiger partial charge in [-0.25, -0.2) is 18.4 Å². The van der Waals surface area contributed by atoms with Gasteiger partial charge in [0.25, 0.3) is 0 Å². The molecule has 1 saturated heterocycles. The summed E-state index contributed by atoms with van der Waals surface area (Å²) in [4.78, 5) is 24.0. The Hall–Kier alpha value is -2.01. The molecule has 1 aliphatic carbocycles. The van der Waals surface area contributed by atoms with Crippen LogP contribution in [0.3, 0.4) is 0 Å². The van der Waals surface area contributed by atoms with Gasteiger partial charge in [0.2, 0.25) is 15.9 Å². The van der Waals surface area contributed by atoms with Crippen LogP contribution in [-0.2, 0) is 27.7 Å². The van der Waals surface area contributed by atoms with Crippen molar-refractivity contribution in [2.45, 2.75) is 42.0 Å². The van der Waals surface area contributed by atoms with Gasteiger partial charge in [-0.2, -0.15) is 4.31 Å². The molecule has 0 bridgehead atoms. The number of hydrogen-bond donors (Lipinski definition) is 1. The number of sulfonamides is 1. The number of benzene rings is 1. The number of nitrogens with one attached hydrogen (secondary N) is 1. The predicted octanol–water partition coefficient (Wildman–Crippen LogP) is 3.70. The Balaban J connectivity index is 1.24. The highest BCUT2D eigenvalue weighted by Crippen LogP contribution is 2.40. The van der Waals surface area contributed by atoms with Gasteiger partial charge in [-0.05, 0) is 61.9 Å². The Morgan fingerprint density at radius 1 is 1.10 bits per heavy atom. The number of hydrogen-bond acceptors (Lipinski definition) is 7. The first kappa shape index (κ1) is 20.9. The van der Waals surface area contributed by atoms with E-state index >= 15 is 0 Å². The van der Waals surface area contributed by atoms with E-state index in [9.17, 15) is 13.2 Å². The highest BCUT2D eigenvalue weighted by molar-refractivity contribution is 8.00. The summed E-state index contributed by atoms with van der Waals surface area (Å²) in [5.74, 6) is 0.0728. The van der Waals surface area contributed by atoms with E-state index in [1.807, 2.05) is 0 Å². The van der Waals surface area contributed by atoms with Crippen LogP contribution in [0.25, 0.3) is 10.2 Å². The fourth-order valence-electron chi connectivity index (χ4n) is 4.13. The number of carbonyl (C=O) groups is 1. The smallest absolute Gasteiger partial charge is 0.243 e. The summed E-state index contributed by atoms with van der Waals surface area (Å²) in [5.41, 5.74) is 1.92.